The molecule has 3 nitrogen and oxygen atoms in total. The number of aryl methyl sites for hydroxylation is 1. The topological polar surface area (TPSA) is 30.7 Å². The third-order valence-corrected chi connectivity index (χ3v) is 2.23. The zero-order valence-electron chi connectivity index (χ0n) is 7.41. The van der Waals surface area contributed by atoms with Crippen molar-refractivity contribution >= 4 is 23.2 Å². The normalized spacial score (nSPS) is 10.5. The van der Waals surface area contributed by atoms with Crippen LogP contribution in [0, 0.1) is 6.92 Å². The standard InChI is InChI=1S/C9H7Cl2N3/c1-6-12-9(11)13-14(6)8-4-2-7(10)3-5-8/h2-5H,1H3. The fourth-order valence-electron chi connectivity index (χ4n) is 1.18. The summed E-state index contributed by atoms with van der Waals surface area (Å²) in [5.74, 6) is 0.748. The van der Waals surface area contributed by atoms with Gasteiger partial charge in [0.15, 0.2) is 0 Å². The SMILES string of the molecule is Cc1nc(Cl)nn1-c1ccc(Cl)cc1. The van der Waals surface area contributed by atoms with Crippen LogP contribution >= 0.6 is 23.2 Å². The van der Waals surface area contributed by atoms with E-state index < -0.39 is 0 Å². The molecular formula is C9H7Cl2N3. The first kappa shape index (κ1) is 9.49. The number of halogens is 2. The highest BCUT2D eigenvalue weighted by molar-refractivity contribution is 6.30. The van der Waals surface area contributed by atoms with Crippen molar-refractivity contribution in [2.75, 3.05) is 0 Å². The Morgan fingerprint density at radius 2 is 1.79 bits per heavy atom. The maximum Gasteiger partial charge on any atom is 0.243 e. The molecule has 72 valence electrons. The molecule has 1 aromatic heterocycles. The van der Waals surface area contributed by atoms with E-state index in [0.717, 1.165) is 11.5 Å². The van der Waals surface area contributed by atoms with Crippen LogP contribution in [0.2, 0.25) is 10.3 Å². The van der Waals surface area contributed by atoms with Gasteiger partial charge in [0, 0.05) is 5.02 Å². The lowest BCUT2D eigenvalue weighted by Gasteiger charge is -2.01. The Morgan fingerprint density at radius 1 is 1.14 bits per heavy atom. The molecule has 0 saturated heterocycles. The summed E-state index contributed by atoms with van der Waals surface area (Å²) in [4.78, 5) is 3.99. The molecule has 1 aromatic carbocycles. The minimum absolute atomic E-state index is 0.248. The average molecular weight is 228 g/mol. The van der Waals surface area contributed by atoms with Crippen molar-refractivity contribution in [2.24, 2.45) is 0 Å². The zero-order valence-corrected chi connectivity index (χ0v) is 8.92. The van der Waals surface area contributed by atoms with E-state index in [1.54, 1.807) is 16.8 Å². The maximum absolute atomic E-state index is 5.77. The molecule has 0 bridgehead atoms. The smallest absolute Gasteiger partial charge is 0.217 e. The van der Waals surface area contributed by atoms with E-state index in [2.05, 4.69) is 10.1 Å². The molecule has 2 rings (SSSR count). The number of benzene rings is 1. The Bertz CT molecular complexity index is 448. The monoisotopic (exact) mass is 227 g/mol. The van der Waals surface area contributed by atoms with E-state index in [-0.39, 0.29) is 5.28 Å². The van der Waals surface area contributed by atoms with Crippen molar-refractivity contribution in [3.63, 3.8) is 0 Å². The Labute approximate surface area is 91.3 Å². The second-order valence-corrected chi connectivity index (χ2v) is 3.59. The lowest BCUT2D eigenvalue weighted by molar-refractivity contribution is 0.840. The van der Waals surface area contributed by atoms with Gasteiger partial charge in [-0.2, -0.15) is 0 Å². The summed E-state index contributed by atoms with van der Waals surface area (Å²) in [7, 11) is 0. The van der Waals surface area contributed by atoms with Crippen molar-refractivity contribution in [1.82, 2.24) is 14.8 Å². The molecule has 5 heteroatoms. The Hall–Kier alpha value is -1.06. The van der Waals surface area contributed by atoms with Crippen molar-refractivity contribution in [3.05, 3.63) is 40.4 Å². The van der Waals surface area contributed by atoms with Gasteiger partial charge in [0.1, 0.15) is 5.82 Å². The van der Waals surface area contributed by atoms with Crippen LogP contribution < -0.4 is 0 Å². The molecule has 0 aliphatic heterocycles. The molecule has 14 heavy (non-hydrogen) atoms. The summed E-state index contributed by atoms with van der Waals surface area (Å²) >= 11 is 11.5. The second-order valence-electron chi connectivity index (χ2n) is 2.82. The molecule has 0 N–H and O–H groups in total. The number of hydrogen-bond acceptors (Lipinski definition) is 2. The van der Waals surface area contributed by atoms with Crippen molar-refractivity contribution in [3.8, 4) is 5.69 Å². The molecule has 1 heterocycles. The fraction of sp³-hybridized carbons (Fsp3) is 0.111. The summed E-state index contributed by atoms with van der Waals surface area (Å²) in [6.45, 7) is 1.84. The minimum Gasteiger partial charge on any atom is -0.217 e. The van der Waals surface area contributed by atoms with Crippen molar-refractivity contribution in [2.45, 2.75) is 6.92 Å². The van der Waals surface area contributed by atoms with Gasteiger partial charge in [0.2, 0.25) is 5.28 Å². The van der Waals surface area contributed by atoms with E-state index in [4.69, 9.17) is 23.2 Å². The van der Waals surface area contributed by atoms with Gasteiger partial charge in [-0.3, -0.25) is 0 Å². The highest BCUT2D eigenvalue weighted by Crippen LogP contribution is 2.15. The van der Waals surface area contributed by atoms with Gasteiger partial charge >= 0.3 is 0 Å². The molecule has 0 aliphatic rings. The van der Waals surface area contributed by atoms with Crippen LogP contribution in [-0.4, -0.2) is 14.8 Å². The molecule has 0 unspecified atom stereocenters. The number of rotatable bonds is 1. The van der Waals surface area contributed by atoms with E-state index in [0.29, 0.717) is 5.02 Å². The quantitative estimate of drug-likeness (QED) is 0.751. The second kappa shape index (κ2) is 3.59. The van der Waals surface area contributed by atoms with E-state index >= 15 is 0 Å². The Kier molecular flexibility index (Phi) is 2.44. The zero-order chi connectivity index (χ0) is 10.1. The van der Waals surface area contributed by atoms with Crippen molar-refractivity contribution < 1.29 is 0 Å². The predicted octanol–water partition coefficient (Wildman–Crippen LogP) is 2.88. The fourth-order valence-corrected chi connectivity index (χ4v) is 1.51. The maximum atomic E-state index is 5.77. The molecule has 2 aromatic rings. The van der Waals surface area contributed by atoms with Gasteiger partial charge < -0.3 is 0 Å². The molecule has 0 saturated carbocycles. The van der Waals surface area contributed by atoms with Gasteiger partial charge in [0.05, 0.1) is 5.69 Å². The Balaban J connectivity index is 2.49. The lowest BCUT2D eigenvalue weighted by Crippen LogP contribution is -1.98. The summed E-state index contributed by atoms with van der Waals surface area (Å²) in [5.41, 5.74) is 0.895. The first-order valence-electron chi connectivity index (χ1n) is 4.02. The molecule has 0 atom stereocenters. The van der Waals surface area contributed by atoms with Crippen LogP contribution in [0.15, 0.2) is 24.3 Å². The molecule has 0 aliphatic carbocycles. The third-order valence-electron chi connectivity index (χ3n) is 1.81. The molecule has 0 fully saturated rings. The van der Waals surface area contributed by atoms with Crippen LogP contribution in [0.1, 0.15) is 5.82 Å². The van der Waals surface area contributed by atoms with Crippen molar-refractivity contribution in [1.29, 1.82) is 0 Å². The lowest BCUT2D eigenvalue weighted by atomic mass is 10.3. The highest BCUT2D eigenvalue weighted by atomic mass is 35.5. The van der Waals surface area contributed by atoms with Gasteiger partial charge in [-0.15, -0.1) is 5.10 Å². The van der Waals surface area contributed by atoms with Gasteiger partial charge in [-0.25, -0.2) is 9.67 Å². The van der Waals surface area contributed by atoms with Crippen LogP contribution in [0.3, 0.4) is 0 Å². The molecule has 0 amide bonds. The van der Waals surface area contributed by atoms with Crippen LogP contribution in [-0.2, 0) is 0 Å². The number of hydrogen-bond donors (Lipinski definition) is 0. The summed E-state index contributed by atoms with van der Waals surface area (Å²) in [6.07, 6.45) is 0. The third kappa shape index (κ3) is 1.74. The number of nitrogens with zero attached hydrogens (tertiary/aromatic N) is 3. The average Bonchev–Trinajstić information content (AvgIpc) is 2.47. The minimum atomic E-state index is 0.248. The summed E-state index contributed by atoms with van der Waals surface area (Å²) in [5, 5.41) is 4.98. The van der Waals surface area contributed by atoms with Gasteiger partial charge in [-0.1, -0.05) is 11.6 Å². The van der Waals surface area contributed by atoms with Crippen LogP contribution in [0.4, 0.5) is 0 Å². The Morgan fingerprint density at radius 3 is 2.29 bits per heavy atom. The van der Waals surface area contributed by atoms with E-state index in [1.165, 1.54) is 0 Å². The molecule has 0 spiro atoms. The predicted molar refractivity (Wildman–Crippen MR) is 56.1 cm³/mol. The molecular weight excluding hydrogens is 221 g/mol. The molecule has 0 radical (unpaired) electrons. The first-order chi connectivity index (χ1) is 6.66. The highest BCUT2D eigenvalue weighted by Gasteiger charge is 2.05. The summed E-state index contributed by atoms with van der Waals surface area (Å²) < 4.78 is 1.67. The van der Waals surface area contributed by atoms with Crippen LogP contribution in [0.5, 0.6) is 0 Å². The van der Waals surface area contributed by atoms with E-state index in [1.807, 2.05) is 19.1 Å². The van der Waals surface area contributed by atoms with E-state index in [9.17, 15) is 0 Å². The summed E-state index contributed by atoms with van der Waals surface area (Å²) in [6, 6.07) is 7.32. The van der Waals surface area contributed by atoms with Gasteiger partial charge in [0.25, 0.3) is 0 Å². The van der Waals surface area contributed by atoms with Crippen LogP contribution in [0.25, 0.3) is 5.69 Å². The van der Waals surface area contributed by atoms with Gasteiger partial charge in [-0.05, 0) is 42.8 Å². The first-order valence-corrected chi connectivity index (χ1v) is 4.77. The largest absolute Gasteiger partial charge is 0.243 e. The number of aromatic nitrogens is 3.